The molecule has 1 aliphatic heterocycles. The zero-order valence-electron chi connectivity index (χ0n) is 13.7. The Hall–Kier alpha value is -1.75. The fourth-order valence-electron chi connectivity index (χ4n) is 2.61. The maximum Gasteiger partial charge on any atom is 0.236 e. The number of fused-ring (bicyclic) bond motifs is 1. The van der Waals surface area contributed by atoms with Crippen molar-refractivity contribution in [1.29, 1.82) is 0 Å². The molecule has 122 valence electrons. The zero-order chi connectivity index (χ0) is 15.9. The van der Waals surface area contributed by atoms with Crippen LogP contribution in [0.2, 0.25) is 0 Å². The molecule has 2 rings (SSSR count). The number of benzene rings is 1. The SMILES string of the molecule is CCN(CC(=O)N(CC)CC)CC1COc2ccccc2O1. The van der Waals surface area contributed by atoms with Gasteiger partial charge in [0.1, 0.15) is 12.7 Å². The Morgan fingerprint density at radius 1 is 1.14 bits per heavy atom. The van der Waals surface area contributed by atoms with Crippen molar-refractivity contribution in [3.63, 3.8) is 0 Å². The molecule has 1 aromatic carbocycles. The van der Waals surface area contributed by atoms with Crippen LogP contribution < -0.4 is 9.47 Å². The van der Waals surface area contributed by atoms with Crippen LogP contribution in [0.1, 0.15) is 20.8 Å². The maximum absolute atomic E-state index is 12.2. The number of amides is 1. The summed E-state index contributed by atoms with van der Waals surface area (Å²) >= 11 is 0. The highest BCUT2D eigenvalue weighted by Crippen LogP contribution is 2.30. The summed E-state index contributed by atoms with van der Waals surface area (Å²) in [5.74, 6) is 1.75. The molecule has 5 heteroatoms. The Labute approximate surface area is 132 Å². The first-order chi connectivity index (χ1) is 10.7. The van der Waals surface area contributed by atoms with E-state index in [1.165, 1.54) is 0 Å². The molecule has 5 nitrogen and oxygen atoms in total. The van der Waals surface area contributed by atoms with E-state index in [0.717, 1.165) is 31.1 Å². The number of nitrogens with zero attached hydrogens (tertiary/aromatic N) is 2. The summed E-state index contributed by atoms with van der Waals surface area (Å²) in [4.78, 5) is 16.2. The molecule has 1 amide bonds. The van der Waals surface area contributed by atoms with Gasteiger partial charge in [-0.1, -0.05) is 19.1 Å². The lowest BCUT2D eigenvalue weighted by Crippen LogP contribution is -2.46. The van der Waals surface area contributed by atoms with Gasteiger partial charge in [-0.05, 0) is 32.5 Å². The highest BCUT2D eigenvalue weighted by Gasteiger charge is 2.24. The van der Waals surface area contributed by atoms with Crippen molar-refractivity contribution >= 4 is 5.91 Å². The van der Waals surface area contributed by atoms with E-state index in [1.807, 2.05) is 43.0 Å². The van der Waals surface area contributed by atoms with Crippen LogP contribution in [0.25, 0.3) is 0 Å². The summed E-state index contributed by atoms with van der Waals surface area (Å²) in [7, 11) is 0. The molecule has 1 aromatic rings. The van der Waals surface area contributed by atoms with E-state index in [0.29, 0.717) is 19.7 Å². The Morgan fingerprint density at radius 3 is 2.45 bits per heavy atom. The lowest BCUT2D eigenvalue weighted by Gasteiger charge is -2.31. The molecule has 0 saturated heterocycles. The molecule has 0 aromatic heterocycles. The standard InChI is InChI=1S/C17H26N2O3/c1-4-18(12-17(20)19(5-2)6-3)11-14-13-21-15-9-7-8-10-16(15)22-14/h7-10,14H,4-6,11-13H2,1-3H3. The lowest BCUT2D eigenvalue weighted by molar-refractivity contribution is -0.132. The molecule has 1 aliphatic rings. The van der Waals surface area contributed by atoms with Crippen LogP contribution >= 0.6 is 0 Å². The normalized spacial score (nSPS) is 16.6. The number of rotatable bonds is 7. The van der Waals surface area contributed by atoms with Gasteiger partial charge in [-0.15, -0.1) is 0 Å². The fourth-order valence-corrected chi connectivity index (χ4v) is 2.61. The van der Waals surface area contributed by atoms with Gasteiger partial charge in [-0.3, -0.25) is 9.69 Å². The quantitative estimate of drug-likeness (QED) is 0.773. The number of hydrogen-bond acceptors (Lipinski definition) is 4. The summed E-state index contributed by atoms with van der Waals surface area (Å²) in [6.07, 6.45) is -0.0423. The van der Waals surface area contributed by atoms with Crippen LogP contribution in [0, 0.1) is 0 Å². The van der Waals surface area contributed by atoms with Gasteiger partial charge in [0, 0.05) is 19.6 Å². The largest absolute Gasteiger partial charge is 0.486 e. The van der Waals surface area contributed by atoms with Gasteiger partial charge in [-0.25, -0.2) is 0 Å². The van der Waals surface area contributed by atoms with E-state index in [9.17, 15) is 4.79 Å². The summed E-state index contributed by atoms with van der Waals surface area (Å²) in [6.45, 7) is 10.0. The first kappa shape index (κ1) is 16.6. The zero-order valence-corrected chi connectivity index (χ0v) is 13.7. The molecule has 1 heterocycles. The third-order valence-electron chi connectivity index (χ3n) is 3.95. The van der Waals surface area contributed by atoms with E-state index in [-0.39, 0.29) is 12.0 Å². The van der Waals surface area contributed by atoms with Crippen molar-refractivity contribution < 1.29 is 14.3 Å². The molecule has 0 aliphatic carbocycles. The van der Waals surface area contributed by atoms with E-state index in [4.69, 9.17) is 9.47 Å². The number of para-hydroxylation sites is 2. The van der Waals surface area contributed by atoms with E-state index in [2.05, 4.69) is 11.8 Å². The first-order valence-corrected chi connectivity index (χ1v) is 8.06. The van der Waals surface area contributed by atoms with Crippen LogP contribution in [0.4, 0.5) is 0 Å². The van der Waals surface area contributed by atoms with Gasteiger partial charge >= 0.3 is 0 Å². The van der Waals surface area contributed by atoms with Crippen LogP contribution in [0.3, 0.4) is 0 Å². The van der Waals surface area contributed by atoms with Crippen LogP contribution in [0.5, 0.6) is 11.5 Å². The van der Waals surface area contributed by atoms with E-state index < -0.39 is 0 Å². The minimum Gasteiger partial charge on any atom is -0.486 e. The topological polar surface area (TPSA) is 42.0 Å². The monoisotopic (exact) mass is 306 g/mol. The van der Waals surface area contributed by atoms with Crippen molar-refractivity contribution in [2.24, 2.45) is 0 Å². The molecular formula is C17H26N2O3. The second-order valence-electron chi connectivity index (χ2n) is 5.39. The van der Waals surface area contributed by atoms with Gasteiger partial charge < -0.3 is 14.4 Å². The molecule has 0 saturated carbocycles. The Morgan fingerprint density at radius 2 is 1.82 bits per heavy atom. The number of carbonyl (C=O) groups excluding carboxylic acids is 1. The molecule has 0 radical (unpaired) electrons. The first-order valence-electron chi connectivity index (χ1n) is 8.06. The van der Waals surface area contributed by atoms with Crippen molar-refractivity contribution in [3.8, 4) is 11.5 Å². The molecule has 22 heavy (non-hydrogen) atoms. The Bertz CT molecular complexity index is 489. The molecule has 1 unspecified atom stereocenters. The molecule has 0 N–H and O–H groups in total. The van der Waals surface area contributed by atoms with Crippen LogP contribution in [-0.4, -0.2) is 61.1 Å². The number of likely N-dealkylation sites (N-methyl/N-ethyl adjacent to an activating group) is 2. The number of hydrogen-bond donors (Lipinski definition) is 0. The van der Waals surface area contributed by atoms with Crippen LogP contribution in [-0.2, 0) is 4.79 Å². The Balaban J connectivity index is 1.90. The Kier molecular flexibility index (Phi) is 6.07. The summed E-state index contributed by atoms with van der Waals surface area (Å²) in [5.41, 5.74) is 0. The number of carbonyl (C=O) groups is 1. The highest BCUT2D eigenvalue weighted by molar-refractivity contribution is 5.78. The second-order valence-corrected chi connectivity index (χ2v) is 5.39. The van der Waals surface area contributed by atoms with Gasteiger partial charge in [0.05, 0.1) is 6.54 Å². The molecule has 0 spiro atoms. The summed E-state index contributed by atoms with van der Waals surface area (Å²) in [6, 6.07) is 7.70. The molecule has 0 bridgehead atoms. The lowest BCUT2D eigenvalue weighted by atomic mass is 10.2. The van der Waals surface area contributed by atoms with Crippen molar-refractivity contribution in [2.45, 2.75) is 26.9 Å². The summed E-state index contributed by atoms with van der Waals surface area (Å²) < 4.78 is 11.7. The van der Waals surface area contributed by atoms with E-state index >= 15 is 0 Å². The smallest absolute Gasteiger partial charge is 0.236 e. The van der Waals surface area contributed by atoms with Gasteiger partial charge in [-0.2, -0.15) is 0 Å². The molecule has 0 fully saturated rings. The van der Waals surface area contributed by atoms with Crippen molar-refractivity contribution in [3.05, 3.63) is 24.3 Å². The number of ether oxygens (including phenoxy) is 2. The maximum atomic E-state index is 12.2. The molecular weight excluding hydrogens is 280 g/mol. The third kappa shape index (κ3) is 4.13. The fraction of sp³-hybridized carbons (Fsp3) is 0.588. The van der Waals surface area contributed by atoms with Crippen molar-refractivity contribution in [2.75, 3.05) is 39.3 Å². The van der Waals surface area contributed by atoms with E-state index in [1.54, 1.807) is 0 Å². The predicted molar refractivity (Wildman–Crippen MR) is 86.4 cm³/mol. The minimum absolute atomic E-state index is 0.0423. The average Bonchev–Trinajstić information content (AvgIpc) is 2.55. The second kappa shape index (κ2) is 8.03. The van der Waals surface area contributed by atoms with Gasteiger partial charge in [0.2, 0.25) is 5.91 Å². The third-order valence-corrected chi connectivity index (χ3v) is 3.95. The van der Waals surface area contributed by atoms with Crippen molar-refractivity contribution in [1.82, 2.24) is 9.80 Å². The van der Waals surface area contributed by atoms with Crippen LogP contribution in [0.15, 0.2) is 24.3 Å². The predicted octanol–water partition coefficient (Wildman–Crippen LogP) is 2.02. The minimum atomic E-state index is -0.0423. The van der Waals surface area contributed by atoms with Gasteiger partial charge in [0.15, 0.2) is 11.5 Å². The average molecular weight is 306 g/mol. The highest BCUT2D eigenvalue weighted by atomic mass is 16.6. The molecule has 1 atom stereocenters. The van der Waals surface area contributed by atoms with Gasteiger partial charge in [0.25, 0.3) is 0 Å². The summed E-state index contributed by atoms with van der Waals surface area (Å²) in [5, 5.41) is 0.